The van der Waals surface area contributed by atoms with E-state index >= 15 is 0 Å². The fraction of sp³-hybridized carbons (Fsp3) is 0.500. The van der Waals surface area contributed by atoms with Gasteiger partial charge >= 0.3 is 0 Å². The van der Waals surface area contributed by atoms with E-state index < -0.39 is 0 Å². The number of rotatable bonds is 6. The van der Waals surface area contributed by atoms with Crippen LogP contribution in [-0.2, 0) is 11.2 Å². The van der Waals surface area contributed by atoms with E-state index in [0.717, 1.165) is 5.56 Å². The molecule has 0 spiro atoms. The van der Waals surface area contributed by atoms with Gasteiger partial charge in [-0.2, -0.15) is 0 Å². The molecule has 1 aromatic carbocycles. The summed E-state index contributed by atoms with van der Waals surface area (Å²) in [6, 6.07) is 9.67. The lowest BCUT2D eigenvalue weighted by Gasteiger charge is -2.17. The summed E-state index contributed by atoms with van der Waals surface area (Å²) in [6.07, 6.45) is 1.17. The van der Waals surface area contributed by atoms with Crippen molar-refractivity contribution in [3.8, 4) is 0 Å². The van der Waals surface area contributed by atoms with Crippen LogP contribution in [0.2, 0.25) is 0 Å². The third-order valence-electron chi connectivity index (χ3n) is 2.50. The van der Waals surface area contributed by atoms with Crippen molar-refractivity contribution in [2.45, 2.75) is 32.7 Å². The van der Waals surface area contributed by atoms with Crippen molar-refractivity contribution in [1.29, 1.82) is 0 Å². The van der Waals surface area contributed by atoms with E-state index in [-0.39, 0.29) is 18.6 Å². The van der Waals surface area contributed by atoms with Gasteiger partial charge in [0.2, 0.25) is 5.91 Å². The summed E-state index contributed by atoms with van der Waals surface area (Å²) in [7, 11) is 0. The first-order valence-corrected chi connectivity index (χ1v) is 6.06. The molecule has 1 unspecified atom stereocenters. The van der Waals surface area contributed by atoms with Crippen LogP contribution in [0.4, 0.5) is 0 Å². The van der Waals surface area contributed by atoms with E-state index in [9.17, 15) is 9.90 Å². The minimum Gasteiger partial charge on any atom is -0.394 e. The summed E-state index contributed by atoms with van der Waals surface area (Å²) < 4.78 is 0. The summed E-state index contributed by atoms with van der Waals surface area (Å²) in [6.45, 7) is 3.98. The van der Waals surface area contributed by atoms with Crippen molar-refractivity contribution < 1.29 is 9.90 Å². The van der Waals surface area contributed by atoms with E-state index in [1.54, 1.807) is 0 Å². The van der Waals surface area contributed by atoms with Crippen molar-refractivity contribution in [2.75, 3.05) is 6.61 Å². The minimum absolute atomic E-state index is 0.00924. The van der Waals surface area contributed by atoms with E-state index in [1.807, 2.05) is 44.2 Å². The molecule has 0 saturated heterocycles. The Labute approximate surface area is 103 Å². The van der Waals surface area contributed by atoms with E-state index in [4.69, 9.17) is 0 Å². The van der Waals surface area contributed by atoms with Crippen molar-refractivity contribution in [2.24, 2.45) is 5.92 Å². The number of carbonyl (C=O) groups is 1. The van der Waals surface area contributed by atoms with Crippen molar-refractivity contribution in [3.05, 3.63) is 35.9 Å². The van der Waals surface area contributed by atoms with Gasteiger partial charge in [-0.3, -0.25) is 4.79 Å². The lowest BCUT2D eigenvalue weighted by molar-refractivity contribution is -0.122. The zero-order chi connectivity index (χ0) is 12.7. The molecule has 0 bridgehead atoms. The summed E-state index contributed by atoms with van der Waals surface area (Å²) in [5.41, 5.74) is 1.12. The number of hydrogen-bond acceptors (Lipinski definition) is 2. The van der Waals surface area contributed by atoms with Gasteiger partial charge in [0.25, 0.3) is 0 Å². The SMILES string of the molecule is CC(C)CC(=O)NC(CO)Cc1ccccc1. The summed E-state index contributed by atoms with van der Waals surface area (Å²) in [4.78, 5) is 11.6. The van der Waals surface area contributed by atoms with Crippen LogP contribution in [0.25, 0.3) is 0 Å². The lowest BCUT2D eigenvalue weighted by Crippen LogP contribution is -2.39. The van der Waals surface area contributed by atoms with Crippen LogP contribution >= 0.6 is 0 Å². The highest BCUT2D eigenvalue weighted by Crippen LogP contribution is 2.04. The van der Waals surface area contributed by atoms with Crippen LogP contribution in [0.5, 0.6) is 0 Å². The highest BCUT2D eigenvalue weighted by atomic mass is 16.3. The highest BCUT2D eigenvalue weighted by Gasteiger charge is 2.12. The van der Waals surface area contributed by atoms with Crippen LogP contribution in [0, 0.1) is 5.92 Å². The van der Waals surface area contributed by atoms with Gasteiger partial charge < -0.3 is 10.4 Å². The zero-order valence-electron chi connectivity index (χ0n) is 10.5. The third-order valence-corrected chi connectivity index (χ3v) is 2.50. The molecule has 0 radical (unpaired) electrons. The van der Waals surface area contributed by atoms with Crippen LogP contribution in [0.15, 0.2) is 30.3 Å². The van der Waals surface area contributed by atoms with Gasteiger partial charge in [0.05, 0.1) is 12.6 Å². The van der Waals surface area contributed by atoms with Gasteiger partial charge in [-0.05, 0) is 17.9 Å². The van der Waals surface area contributed by atoms with Crippen molar-refractivity contribution in [1.82, 2.24) is 5.32 Å². The first-order valence-electron chi connectivity index (χ1n) is 6.06. The average Bonchev–Trinajstić information content (AvgIpc) is 2.28. The second-order valence-corrected chi connectivity index (χ2v) is 4.73. The van der Waals surface area contributed by atoms with Gasteiger partial charge in [-0.1, -0.05) is 44.2 Å². The molecular formula is C14H21NO2. The molecule has 17 heavy (non-hydrogen) atoms. The molecule has 3 heteroatoms. The highest BCUT2D eigenvalue weighted by molar-refractivity contribution is 5.76. The first-order chi connectivity index (χ1) is 8.11. The number of nitrogens with one attached hydrogen (secondary N) is 1. The standard InChI is InChI=1S/C14H21NO2/c1-11(2)8-14(17)15-13(10-16)9-12-6-4-3-5-7-12/h3-7,11,13,16H,8-10H2,1-2H3,(H,15,17). The molecule has 0 saturated carbocycles. The number of aliphatic hydroxyl groups excluding tert-OH is 1. The quantitative estimate of drug-likeness (QED) is 0.789. The predicted octanol–water partition coefficient (Wildman–Crippen LogP) is 1.75. The molecule has 0 fully saturated rings. The summed E-state index contributed by atoms with van der Waals surface area (Å²) in [5, 5.41) is 12.1. The molecule has 2 N–H and O–H groups in total. The number of hydrogen-bond donors (Lipinski definition) is 2. The smallest absolute Gasteiger partial charge is 0.220 e. The Balaban J connectivity index is 2.46. The van der Waals surface area contributed by atoms with Gasteiger partial charge in [-0.25, -0.2) is 0 Å². The molecule has 0 heterocycles. The van der Waals surface area contributed by atoms with E-state index in [2.05, 4.69) is 5.32 Å². The second-order valence-electron chi connectivity index (χ2n) is 4.73. The number of benzene rings is 1. The Morgan fingerprint density at radius 1 is 1.29 bits per heavy atom. The van der Waals surface area contributed by atoms with Crippen LogP contribution < -0.4 is 5.32 Å². The minimum atomic E-state index is -0.191. The normalized spacial score (nSPS) is 12.5. The largest absolute Gasteiger partial charge is 0.394 e. The Kier molecular flexibility index (Phi) is 5.70. The molecule has 0 aromatic heterocycles. The molecule has 94 valence electrons. The Bertz CT molecular complexity index is 335. The van der Waals surface area contributed by atoms with Gasteiger partial charge in [0.1, 0.15) is 0 Å². The molecule has 1 aromatic rings. The molecular weight excluding hydrogens is 214 g/mol. The molecule has 3 nitrogen and oxygen atoms in total. The first kappa shape index (κ1) is 13.7. The van der Waals surface area contributed by atoms with Crippen molar-refractivity contribution in [3.63, 3.8) is 0 Å². The molecule has 0 aliphatic heterocycles. The number of aliphatic hydroxyl groups is 1. The van der Waals surface area contributed by atoms with Crippen molar-refractivity contribution >= 4 is 5.91 Å². The average molecular weight is 235 g/mol. The maximum Gasteiger partial charge on any atom is 0.220 e. The lowest BCUT2D eigenvalue weighted by atomic mass is 10.1. The topological polar surface area (TPSA) is 49.3 Å². The third kappa shape index (κ3) is 5.50. The fourth-order valence-corrected chi connectivity index (χ4v) is 1.72. The van der Waals surface area contributed by atoms with Crippen LogP contribution in [0.1, 0.15) is 25.8 Å². The second kappa shape index (κ2) is 7.07. The Morgan fingerprint density at radius 3 is 2.47 bits per heavy atom. The number of amides is 1. The van der Waals surface area contributed by atoms with Crippen LogP contribution in [0.3, 0.4) is 0 Å². The summed E-state index contributed by atoms with van der Waals surface area (Å²) >= 11 is 0. The monoisotopic (exact) mass is 235 g/mol. The molecule has 0 aliphatic rings. The molecule has 0 aliphatic carbocycles. The molecule has 1 atom stereocenters. The summed E-state index contributed by atoms with van der Waals surface area (Å²) in [5.74, 6) is 0.348. The van der Waals surface area contributed by atoms with Gasteiger partial charge in [0.15, 0.2) is 0 Å². The Morgan fingerprint density at radius 2 is 1.94 bits per heavy atom. The molecule has 1 rings (SSSR count). The van der Waals surface area contributed by atoms with E-state index in [1.165, 1.54) is 0 Å². The van der Waals surface area contributed by atoms with Gasteiger partial charge in [0, 0.05) is 6.42 Å². The zero-order valence-corrected chi connectivity index (χ0v) is 10.5. The fourth-order valence-electron chi connectivity index (χ4n) is 1.72. The Hall–Kier alpha value is -1.35. The van der Waals surface area contributed by atoms with Gasteiger partial charge in [-0.15, -0.1) is 0 Å². The van der Waals surface area contributed by atoms with E-state index in [0.29, 0.717) is 18.8 Å². The molecule has 1 amide bonds. The van der Waals surface area contributed by atoms with Crippen LogP contribution in [-0.4, -0.2) is 23.7 Å². The predicted molar refractivity (Wildman–Crippen MR) is 68.6 cm³/mol. The maximum atomic E-state index is 11.6. The number of carbonyl (C=O) groups excluding carboxylic acids is 1. The maximum absolute atomic E-state index is 11.6.